The Kier molecular flexibility index (Phi) is 7.93. The van der Waals surface area contributed by atoms with Crippen molar-refractivity contribution in [3.05, 3.63) is 36.5 Å². The van der Waals surface area contributed by atoms with Crippen LogP contribution in [0, 0.1) is 0 Å². The number of rotatable bonds is 7. The zero-order chi connectivity index (χ0) is 25.0. The lowest BCUT2D eigenvalue weighted by Crippen LogP contribution is -2.49. The highest BCUT2D eigenvalue weighted by atomic mass is 32.2. The van der Waals surface area contributed by atoms with E-state index >= 15 is 0 Å². The van der Waals surface area contributed by atoms with Crippen molar-refractivity contribution in [3.63, 3.8) is 0 Å². The summed E-state index contributed by atoms with van der Waals surface area (Å²) in [5.74, 6) is 2.36. The standard InChI is InChI=1S/C26H38N6O3S/c1-35-23-8-10-24(11-9-23)36(33,34)32-17-6-7-22(20-32)31-18-13-21(19-31)28-26-27-14-12-25(29-26)30-15-4-2-3-5-16-30/h8-12,14,21-22H,2-7,13,15-20H2,1H3,(H,27,28,29). The molecular weight excluding hydrogens is 476 g/mol. The average molecular weight is 515 g/mol. The highest BCUT2D eigenvalue weighted by Gasteiger charge is 2.35. The maximum absolute atomic E-state index is 13.3. The van der Waals surface area contributed by atoms with Gasteiger partial charge in [0.1, 0.15) is 11.6 Å². The van der Waals surface area contributed by atoms with Crippen molar-refractivity contribution in [1.82, 2.24) is 19.2 Å². The number of sulfonamides is 1. The molecule has 3 fully saturated rings. The molecule has 10 heteroatoms. The number of aromatic nitrogens is 2. The van der Waals surface area contributed by atoms with Gasteiger partial charge in [-0.05, 0) is 62.4 Å². The van der Waals surface area contributed by atoms with Crippen molar-refractivity contribution in [2.75, 3.05) is 56.6 Å². The molecule has 1 N–H and O–H groups in total. The zero-order valence-corrected chi connectivity index (χ0v) is 22.0. The molecule has 1 aromatic heterocycles. The first-order valence-electron chi connectivity index (χ1n) is 13.3. The van der Waals surface area contributed by atoms with E-state index in [9.17, 15) is 8.42 Å². The molecule has 9 nitrogen and oxygen atoms in total. The Bertz CT molecular complexity index is 1100. The van der Waals surface area contributed by atoms with Crippen LogP contribution in [0.25, 0.3) is 0 Å². The van der Waals surface area contributed by atoms with Crippen molar-refractivity contribution in [2.45, 2.75) is 61.9 Å². The summed E-state index contributed by atoms with van der Waals surface area (Å²) in [6.45, 7) is 5.04. The van der Waals surface area contributed by atoms with E-state index in [0.717, 1.165) is 51.3 Å². The molecule has 5 rings (SSSR count). The number of methoxy groups -OCH3 is 1. The number of piperidine rings is 1. The number of benzene rings is 1. The molecule has 2 unspecified atom stereocenters. The summed E-state index contributed by atoms with van der Waals surface area (Å²) in [6.07, 6.45) is 9.77. The Labute approximate surface area is 214 Å². The second-order valence-corrected chi connectivity index (χ2v) is 12.0. The first kappa shape index (κ1) is 25.2. The fourth-order valence-corrected chi connectivity index (χ4v) is 7.16. The third kappa shape index (κ3) is 5.76. The Hall–Kier alpha value is -2.43. The molecule has 0 bridgehead atoms. The predicted molar refractivity (Wildman–Crippen MR) is 141 cm³/mol. The molecule has 2 atom stereocenters. The molecule has 3 aliphatic rings. The lowest BCUT2D eigenvalue weighted by Gasteiger charge is -2.37. The largest absolute Gasteiger partial charge is 0.497 e. The van der Waals surface area contributed by atoms with Crippen molar-refractivity contribution in [2.24, 2.45) is 0 Å². The molecule has 0 aliphatic carbocycles. The van der Waals surface area contributed by atoms with E-state index in [2.05, 4.69) is 20.1 Å². The predicted octanol–water partition coefficient (Wildman–Crippen LogP) is 3.21. The van der Waals surface area contributed by atoms with Crippen molar-refractivity contribution < 1.29 is 13.2 Å². The molecular formula is C26H38N6O3S. The van der Waals surface area contributed by atoms with Gasteiger partial charge in [0.25, 0.3) is 0 Å². The minimum atomic E-state index is -3.52. The average Bonchev–Trinajstić information content (AvgIpc) is 3.20. The number of anilines is 2. The number of ether oxygens (including phenoxy) is 1. The number of nitrogens with zero attached hydrogens (tertiary/aromatic N) is 5. The van der Waals surface area contributed by atoms with Crippen molar-refractivity contribution in [3.8, 4) is 5.75 Å². The zero-order valence-electron chi connectivity index (χ0n) is 21.2. The smallest absolute Gasteiger partial charge is 0.243 e. The van der Waals surface area contributed by atoms with Crippen LogP contribution in [0.15, 0.2) is 41.4 Å². The van der Waals surface area contributed by atoms with E-state index in [4.69, 9.17) is 9.72 Å². The highest BCUT2D eigenvalue weighted by Crippen LogP contribution is 2.27. The van der Waals surface area contributed by atoms with Gasteiger partial charge < -0.3 is 15.0 Å². The lowest BCUT2D eigenvalue weighted by atomic mass is 10.1. The van der Waals surface area contributed by atoms with Gasteiger partial charge in [-0.15, -0.1) is 0 Å². The van der Waals surface area contributed by atoms with Crippen LogP contribution in [-0.2, 0) is 10.0 Å². The van der Waals surface area contributed by atoms with Crippen LogP contribution in [0.2, 0.25) is 0 Å². The molecule has 4 heterocycles. The molecule has 3 saturated heterocycles. The van der Waals surface area contributed by atoms with Gasteiger partial charge in [0.15, 0.2) is 0 Å². The fourth-order valence-electron chi connectivity index (χ4n) is 5.65. The van der Waals surface area contributed by atoms with Gasteiger partial charge in [0.2, 0.25) is 16.0 Å². The topological polar surface area (TPSA) is 90.9 Å². The fraction of sp³-hybridized carbons (Fsp3) is 0.615. The van der Waals surface area contributed by atoms with Gasteiger partial charge in [-0.1, -0.05) is 12.8 Å². The first-order valence-corrected chi connectivity index (χ1v) is 14.7. The molecule has 0 amide bonds. The Morgan fingerprint density at radius 3 is 2.44 bits per heavy atom. The van der Waals surface area contributed by atoms with Crippen LogP contribution in [0.3, 0.4) is 0 Å². The van der Waals surface area contributed by atoms with E-state index in [1.807, 2.05) is 12.3 Å². The molecule has 0 spiro atoms. The quantitative estimate of drug-likeness (QED) is 0.603. The molecule has 0 saturated carbocycles. The Balaban J connectivity index is 1.18. The molecule has 2 aromatic rings. The molecule has 0 radical (unpaired) electrons. The molecule has 196 valence electrons. The van der Waals surface area contributed by atoms with E-state index in [0.29, 0.717) is 29.7 Å². The van der Waals surface area contributed by atoms with Gasteiger partial charge in [0.05, 0.1) is 12.0 Å². The summed E-state index contributed by atoms with van der Waals surface area (Å²) in [6, 6.07) is 9.17. The maximum atomic E-state index is 13.3. The molecule has 3 aliphatic heterocycles. The summed E-state index contributed by atoms with van der Waals surface area (Å²) in [7, 11) is -1.94. The van der Waals surface area contributed by atoms with Gasteiger partial charge in [-0.3, -0.25) is 4.90 Å². The van der Waals surface area contributed by atoms with Crippen LogP contribution in [0.4, 0.5) is 11.8 Å². The van der Waals surface area contributed by atoms with E-state index in [1.54, 1.807) is 35.7 Å². The minimum Gasteiger partial charge on any atom is -0.497 e. The van der Waals surface area contributed by atoms with Crippen LogP contribution in [-0.4, -0.2) is 86.1 Å². The van der Waals surface area contributed by atoms with Crippen LogP contribution < -0.4 is 15.0 Å². The van der Waals surface area contributed by atoms with E-state index in [-0.39, 0.29) is 12.1 Å². The van der Waals surface area contributed by atoms with Crippen molar-refractivity contribution >= 4 is 21.8 Å². The highest BCUT2D eigenvalue weighted by molar-refractivity contribution is 7.89. The van der Waals surface area contributed by atoms with E-state index in [1.165, 1.54) is 25.7 Å². The number of hydrogen-bond donors (Lipinski definition) is 1. The molecule has 36 heavy (non-hydrogen) atoms. The number of nitrogens with one attached hydrogen (secondary N) is 1. The molecule has 1 aromatic carbocycles. The summed E-state index contributed by atoms with van der Waals surface area (Å²) in [4.78, 5) is 14.4. The van der Waals surface area contributed by atoms with Gasteiger partial charge in [-0.25, -0.2) is 13.4 Å². The number of likely N-dealkylation sites (tertiary alicyclic amines) is 1. The van der Waals surface area contributed by atoms with Crippen LogP contribution >= 0.6 is 0 Å². The van der Waals surface area contributed by atoms with Crippen molar-refractivity contribution in [1.29, 1.82) is 0 Å². The summed E-state index contributed by atoms with van der Waals surface area (Å²) < 4.78 is 33.4. The Morgan fingerprint density at radius 1 is 0.917 bits per heavy atom. The third-order valence-corrected chi connectivity index (χ3v) is 9.58. The SMILES string of the molecule is COc1ccc(S(=O)(=O)N2CCCC(N3CCC(Nc4nccc(N5CCCCCC5)n4)C3)C2)cc1. The van der Waals surface area contributed by atoms with Gasteiger partial charge >= 0.3 is 0 Å². The van der Waals surface area contributed by atoms with E-state index < -0.39 is 10.0 Å². The lowest BCUT2D eigenvalue weighted by molar-refractivity contribution is 0.161. The minimum absolute atomic E-state index is 0.225. The maximum Gasteiger partial charge on any atom is 0.243 e. The second kappa shape index (κ2) is 11.3. The Morgan fingerprint density at radius 2 is 1.69 bits per heavy atom. The van der Waals surface area contributed by atoms with Crippen LogP contribution in [0.1, 0.15) is 44.9 Å². The normalized spacial score (nSPS) is 24.4. The van der Waals surface area contributed by atoms with Gasteiger partial charge in [-0.2, -0.15) is 9.29 Å². The third-order valence-electron chi connectivity index (χ3n) is 7.70. The monoisotopic (exact) mass is 514 g/mol. The summed E-state index contributed by atoms with van der Waals surface area (Å²) in [5, 5.41) is 3.55. The second-order valence-electron chi connectivity index (χ2n) is 10.1. The van der Waals surface area contributed by atoms with Gasteiger partial charge in [0, 0.05) is 57.5 Å². The number of hydrogen-bond acceptors (Lipinski definition) is 8. The van der Waals surface area contributed by atoms with Crippen LogP contribution in [0.5, 0.6) is 5.75 Å². The first-order chi connectivity index (χ1) is 17.5. The summed E-state index contributed by atoms with van der Waals surface area (Å²) in [5.41, 5.74) is 0. The summed E-state index contributed by atoms with van der Waals surface area (Å²) >= 11 is 0.